The molecule has 0 saturated heterocycles. The third-order valence-corrected chi connectivity index (χ3v) is 4.25. The summed E-state index contributed by atoms with van der Waals surface area (Å²) in [4.78, 5) is 15.8. The molecule has 6 heteroatoms. The maximum atomic E-state index is 13.3. The molecule has 0 atom stereocenters. The molecule has 0 radical (unpaired) electrons. The van der Waals surface area contributed by atoms with E-state index in [2.05, 4.69) is 4.98 Å². The van der Waals surface area contributed by atoms with E-state index in [0.717, 1.165) is 24.2 Å². The molecule has 1 aromatic carbocycles. The first-order valence-corrected chi connectivity index (χ1v) is 6.94. The molecule has 0 unspecified atom stereocenters. The van der Waals surface area contributed by atoms with Gasteiger partial charge < -0.3 is 5.11 Å². The largest absolute Gasteiger partial charge is 0.477 e. The van der Waals surface area contributed by atoms with Crippen molar-refractivity contribution >= 4 is 28.9 Å². The van der Waals surface area contributed by atoms with Gasteiger partial charge >= 0.3 is 5.97 Å². The summed E-state index contributed by atoms with van der Waals surface area (Å²) in [6.45, 7) is 0. The molecule has 1 aromatic heterocycles. The first-order valence-electron chi connectivity index (χ1n) is 5.75. The number of hydrogen-bond acceptors (Lipinski definition) is 3. The number of rotatable bonds is 3. The van der Waals surface area contributed by atoms with E-state index in [4.69, 9.17) is 11.6 Å². The van der Waals surface area contributed by atoms with Crippen LogP contribution in [0.1, 0.15) is 34.1 Å². The fourth-order valence-corrected chi connectivity index (χ4v) is 3.12. The number of carboxylic acid groups (broad SMARTS) is 1. The van der Waals surface area contributed by atoms with Gasteiger partial charge in [0.2, 0.25) is 0 Å². The van der Waals surface area contributed by atoms with Crippen LogP contribution in [-0.2, 0) is 0 Å². The minimum absolute atomic E-state index is 0.236. The lowest BCUT2D eigenvalue weighted by Crippen LogP contribution is -1.97. The van der Waals surface area contributed by atoms with E-state index in [1.54, 1.807) is 6.07 Å². The lowest BCUT2D eigenvalue weighted by molar-refractivity contribution is 0.0700. The number of thiazole rings is 1. The summed E-state index contributed by atoms with van der Waals surface area (Å²) in [6.07, 6.45) is 1.93. The number of carboxylic acids is 1. The van der Waals surface area contributed by atoms with Crippen LogP contribution in [0.15, 0.2) is 18.2 Å². The Kier molecular flexibility index (Phi) is 3.03. The topological polar surface area (TPSA) is 50.2 Å². The summed E-state index contributed by atoms with van der Waals surface area (Å²) >= 11 is 6.88. The molecule has 1 saturated carbocycles. The van der Waals surface area contributed by atoms with Crippen molar-refractivity contribution in [2.24, 2.45) is 0 Å². The Balaban J connectivity index is 2.09. The minimum Gasteiger partial charge on any atom is -0.477 e. The van der Waals surface area contributed by atoms with E-state index >= 15 is 0 Å². The van der Waals surface area contributed by atoms with Crippen molar-refractivity contribution in [3.63, 3.8) is 0 Å². The standard InChI is InChI=1S/C13H9ClFNO2S/c14-8-3-7(4-9(15)5-8)12-16-10(6-1-2-6)11(19-12)13(17)18/h3-6H,1-2H2,(H,17,18). The van der Waals surface area contributed by atoms with Crippen LogP contribution in [0, 0.1) is 5.82 Å². The zero-order valence-electron chi connectivity index (χ0n) is 9.69. The Hall–Kier alpha value is -1.46. The monoisotopic (exact) mass is 297 g/mol. The fourth-order valence-electron chi connectivity index (χ4n) is 1.92. The Bertz CT molecular complexity index is 646. The SMILES string of the molecule is O=C(O)c1sc(-c2cc(F)cc(Cl)c2)nc1C1CC1. The summed E-state index contributed by atoms with van der Waals surface area (Å²) in [6, 6.07) is 4.11. The number of hydrogen-bond donors (Lipinski definition) is 1. The predicted octanol–water partition coefficient (Wildman–Crippen LogP) is 4.18. The van der Waals surface area contributed by atoms with Gasteiger partial charge in [-0.2, -0.15) is 0 Å². The number of nitrogens with zero attached hydrogens (tertiary/aromatic N) is 1. The molecule has 1 N–H and O–H groups in total. The van der Waals surface area contributed by atoms with Gasteiger partial charge in [0.25, 0.3) is 0 Å². The highest BCUT2D eigenvalue weighted by Gasteiger charge is 2.32. The zero-order valence-corrected chi connectivity index (χ0v) is 11.3. The highest BCUT2D eigenvalue weighted by molar-refractivity contribution is 7.17. The molecule has 0 spiro atoms. The molecule has 1 aliphatic carbocycles. The van der Waals surface area contributed by atoms with E-state index < -0.39 is 11.8 Å². The fraction of sp³-hybridized carbons (Fsp3) is 0.231. The van der Waals surface area contributed by atoms with Gasteiger partial charge in [-0.3, -0.25) is 0 Å². The second-order valence-electron chi connectivity index (χ2n) is 4.47. The van der Waals surface area contributed by atoms with Crippen molar-refractivity contribution in [1.82, 2.24) is 4.98 Å². The Morgan fingerprint density at radius 2 is 2.16 bits per heavy atom. The summed E-state index contributed by atoms with van der Waals surface area (Å²) in [7, 11) is 0. The van der Waals surface area contributed by atoms with Crippen LogP contribution in [0.2, 0.25) is 5.02 Å². The van der Waals surface area contributed by atoms with Gasteiger partial charge in [0.15, 0.2) is 0 Å². The maximum Gasteiger partial charge on any atom is 0.347 e. The molecule has 3 nitrogen and oxygen atoms in total. The van der Waals surface area contributed by atoms with Crippen LogP contribution in [0.25, 0.3) is 10.6 Å². The summed E-state index contributed by atoms with van der Waals surface area (Å²) < 4.78 is 13.3. The summed E-state index contributed by atoms with van der Waals surface area (Å²) in [5.41, 5.74) is 1.14. The molecule has 98 valence electrons. The first kappa shape index (κ1) is 12.6. The van der Waals surface area contributed by atoms with E-state index in [1.807, 2.05) is 0 Å². The molecule has 0 amide bonds. The van der Waals surface area contributed by atoms with Crippen LogP contribution in [-0.4, -0.2) is 16.1 Å². The molecule has 3 rings (SSSR count). The quantitative estimate of drug-likeness (QED) is 0.924. The van der Waals surface area contributed by atoms with Crippen molar-refractivity contribution < 1.29 is 14.3 Å². The molecule has 0 aliphatic heterocycles. The van der Waals surface area contributed by atoms with Crippen molar-refractivity contribution in [1.29, 1.82) is 0 Å². The van der Waals surface area contributed by atoms with Crippen LogP contribution < -0.4 is 0 Å². The minimum atomic E-state index is -0.979. The van der Waals surface area contributed by atoms with Gasteiger partial charge in [0.1, 0.15) is 15.7 Å². The molecule has 19 heavy (non-hydrogen) atoms. The lowest BCUT2D eigenvalue weighted by Gasteiger charge is -1.98. The van der Waals surface area contributed by atoms with Crippen molar-refractivity contribution in [3.8, 4) is 10.6 Å². The van der Waals surface area contributed by atoms with Crippen molar-refractivity contribution in [2.45, 2.75) is 18.8 Å². The highest BCUT2D eigenvalue weighted by atomic mass is 35.5. The van der Waals surface area contributed by atoms with Crippen LogP contribution >= 0.6 is 22.9 Å². The second kappa shape index (κ2) is 4.58. The van der Waals surface area contributed by atoms with Gasteiger partial charge in [0, 0.05) is 16.5 Å². The van der Waals surface area contributed by atoms with Crippen LogP contribution in [0.5, 0.6) is 0 Å². The lowest BCUT2D eigenvalue weighted by atomic mass is 10.2. The van der Waals surface area contributed by atoms with E-state index in [0.29, 0.717) is 16.3 Å². The molecule has 2 aromatic rings. The number of aromatic carboxylic acids is 1. The number of benzene rings is 1. The second-order valence-corrected chi connectivity index (χ2v) is 5.91. The summed E-state index contributed by atoms with van der Waals surface area (Å²) in [5, 5.41) is 9.96. The van der Waals surface area contributed by atoms with Crippen molar-refractivity contribution in [2.75, 3.05) is 0 Å². The third-order valence-electron chi connectivity index (χ3n) is 2.92. The Morgan fingerprint density at radius 3 is 2.74 bits per heavy atom. The van der Waals surface area contributed by atoms with E-state index in [1.165, 1.54) is 12.1 Å². The normalized spacial score (nSPS) is 14.6. The molecule has 1 fully saturated rings. The van der Waals surface area contributed by atoms with Gasteiger partial charge in [-0.25, -0.2) is 14.2 Å². The zero-order chi connectivity index (χ0) is 13.6. The maximum absolute atomic E-state index is 13.3. The predicted molar refractivity (Wildman–Crippen MR) is 71.5 cm³/mol. The van der Waals surface area contributed by atoms with Gasteiger partial charge in [-0.1, -0.05) is 11.6 Å². The average Bonchev–Trinajstić information content (AvgIpc) is 3.06. The molecule has 1 heterocycles. The first-order chi connectivity index (χ1) is 9.04. The number of carbonyl (C=O) groups is 1. The molecular weight excluding hydrogens is 289 g/mol. The third kappa shape index (κ3) is 2.48. The molecule has 0 bridgehead atoms. The smallest absolute Gasteiger partial charge is 0.347 e. The highest BCUT2D eigenvalue weighted by Crippen LogP contribution is 2.44. The molecular formula is C13H9ClFNO2S. The van der Waals surface area contributed by atoms with Gasteiger partial charge in [0.05, 0.1) is 5.69 Å². The van der Waals surface area contributed by atoms with E-state index in [9.17, 15) is 14.3 Å². The average molecular weight is 298 g/mol. The van der Waals surface area contributed by atoms with Gasteiger partial charge in [-0.15, -0.1) is 11.3 Å². The van der Waals surface area contributed by atoms with Gasteiger partial charge in [-0.05, 0) is 31.0 Å². The van der Waals surface area contributed by atoms with E-state index in [-0.39, 0.29) is 15.8 Å². The number of aromatic nitrogens is 1. The Labute approximate surface area is 117 Å². The number of halogens is 2. The molecule has 1 aliphatic rings. The van der Waals surface area contributed by atoms with Crippen LogP contribution in [0.4, 0.5) is 4.39 Å². The van der Waals surface area contributed by atoms with Crippen molar-refractivity contribution in [3.05, 3.63) is 39.6 Å². The summed E-state index contributed by atoms with van der Waals surface area (Å²) in [5.74, 6) is -1.20. The van der Waals surface area contributed by atoms with Crippen LogP contribution in [0.3, 0.4) is 0 Å². The Morgan fingerprint density at radius 1 is 1.42 bits per heavy atom.